The van der Waals surface area contributed by atoms with E-state index in [0.29, 0.717) is 11.4 Å². The molecule has 2 aromatic heterocycles. The summed E-state index contributed by atoms with van der Waals surface area (Å²) in [5.74, 6) is 0.950. The summed E-state index contributed by atoms with van der Waals surface area (Å²) in [5, 5.41) is 12.5. The summed E-state index contributed by atoms with van der Waals surface area (Å²) in [6.07, 6.45) is 2.08. The Bertz CT molecular complexity index is 3320. The fourth-order valence-electron chi connectivity index (χ4n) is 10.2. The molecule has 1 aliphatic carbocycles. The summed E-state index contributed by atoms with van der Waals surface area (Å²) >= 11 is 0. The van der Waals surface area contributed by atoms with E-state index in [1.54, 1.807) is 0 Å². The van der Waals surface area contributed by atoms with Crippen molar-refractivity contribution in [3.05, 3.63) is 203 Å². The van der Waals surface area contributed by atoms with Gasteiger partial charge in [-0.05, 0) is 91.7 Å². The zero-order valence-corrected chi connectivity index (χ0v) is 40.0. The molecule has 2 heterocycles. The number of nitrogens with zero attached hydrogens (tertiary/aromatic N) is 3. The number of fused-ring (bicyclic) bond motifs is 4. The molecule has 1 aliphatic rings. The number of phenols is 1. The molecular weight excluding hydrogens is 803 g/mol. The summed E-state index contributed by atoms with van der Waals surface area (Å²) in [4.78, 5) is 10.9. The van der Waals surface area contributed by atoms with Gasteiger partial charge in [0.25, 0.3) is 0 Å². The molecule has 0 amide bonds. The van der Waals surface area contributed by atoms with Gasteiger partial charge in [-0.3, -0.25) is 9.55 Å². The Morgan fingerprint density at radius 1 is 0.485 bits per heavy atom. The van der Waals surface area contributed by atoms with Gasteiger partial charge in [0.15, 0.2) is 0 Å². The van der Waals surface area contributed by atoms with Gasteiger partial charge in [0.1, 0.15) is 11.6 Å². The maximum atomic E-state index is 12.5. The highest BCUT2D eigenvalue weighted by atomic mass is 16.3. The van der Waals surface area contributed by atoms with E-state index >= 15 is 0 Å². The van der Waals surface area contributed by atoms with Gasteiger partial charge in [-0.15, -0.1) is 0 Å². The first-order valence-corrected chi connectivity index (χ1v) is 23.3. The molecule has 0 saturated heterocycles. The molecule has 0 saturated carbocycles. The van der Waals surface area contributed by atoms with Crippen molar-refractivity contribution in [2.75, 3.05) is 0 Å². The smallest absolute Gasteiger partial charge is 0.149 e. The zero-order valence-electron chi connectivity index (χ0n) is 40.0. The lowest BCUT2D eigenvalue weighted by Crippen LogP contribution is -2.19. The van der Waals surface area contributed by atoms with Crippen molar-refractivity contribution in [2.45, 2.75) is 90.9 Å². The van der Waals surface area contributed by atoms with E-state index in [1.807, 2.05) is 0 Å². The van der Waals surface area contributed by atoms with Gasteiger partial charge >= 0.3 is 0 Å². The van der Waals surface area contributed by atoms with Crippen LogP contribution in [0.5, 0.6) is 5.75 Å². The molecule has 0 aliphatic heterocycles. The Balaban J connectivity index is 1.27. The minimum Gasteiger partial charge on any atom is -0.507 e. The number of rotatable bonds is 7. The second kappa shape index (κ2) is 15.6. The van der Waals surface area contributed by atoms with Crippen molar-refractivity contribution in [1.29, 1.82) is 0 Å². The number of para-hydroxylation sites is 2. The Kier molecular flexibility index (Phi) is 10.1. The SMILES string of the molecule is CC(C)(C)c1cc(-c2nc3c(-c4cc(-c5cc6c(cn5)-c5ccccc5C6(C)C)cc(C(C)(C)c5ccccc5)c4)cccc3n2-c2ccccc2-c2ccccc2)c(O)c(C(C)(C)C)c1. The number of hydrogen-bond donors (Lipinski definition) is 1. The van der Waals surface area contributed by atoms with Crippen molar-refractivity contribution >= 4 is 11.0 Å². The summed E-state index contributed by atoms with van der Waals surface area (Å²) in [6.45, 7) is 22.5. The highest BCUT2D eigenvalue weighted by Gasteiger charge is 2.36. The molecule has 0 radical (unpaired) electrons. The second-order valence-electron chi connectivity index (χ2n) is 21.3. The Morgan fingerprint density at radius 2 is 1.12 bits per heavy atom. The van der Waals surface area contributed by atoms with Gasteiger partial charge in [0, 0.05) is 44.8 Å². The minimum absolute atomic E-state index is 0.166. The molecule has 7 aromatic carbocycles. The van der Waals surface area contributed by atoms with E-state index in [-0.39, 0.29) is 27.4 Å². The molecule has 0 fully saturated rings. The first kappa shape index (κ1) is 42.9. The van der Waals surface area contributed by atoms with Crippen molar-refractivity contribution in [1.82, 2.24) is 14.5 Å². The van der Waals surface area contributed by atoms with Crippen molar-refractivity contribution < 1.29 is 5.11 Å². The third-order valence-corrected chi connectivity index (χ3v) is 14.2. The quantitative estimate of drug-likeness (QED) is 0.174. The van der Waals surface area contributed by atoms with Crippen LogP contribution < -0.4 is 0 Å². The Morgan fingerprint density at radius 3 is 1.83 bits per heavy atom. The third-order valence-electron chi connectivity index (χ3n) is 14.2. The van der Waals surface area contributed by atoms with Crippen LogP contribution in [-0.4, -0.2) is 19.6 Å². The van der Waals surface area contributed by atoms with Crippen molar-refractivity contribution in [2.24, 2.45) is 0 Å². The van der Waals surface area contributed by atoms with Gasteiger partial charge in [-0.1, -0.05) is 197 Å². The highest BCUT2D eigenvalue weighted by molar-refractivity contribution is 5.98. The van der Waals surface area contributed by atoms with Crippen LogP contribution >= 0.6 is 0 Å². The average molecular weight is 862 g/mol. The molecular formula is C62H59N3O. The topological polar surface area (TPSA) is 50.9 Å². The van der Waals surface area contributed by atoms with Gasteiger partial charge in [0.05, 0.1) is 28.0 Å². The molecule has 4 heteroatoms. The number of benzene rings is 7. The largest absolute Gasteiger partial charge is 0.507 e. The monoisotopic (exact) mass is 861 g/mol. The van der Waals surface area contributed by atoms with E-state index in [1.165, 1.54) is 33.4 Å². The normalized spacial score (nSPS) is 13.5. The molecule has 4 nitrogen and oxygen atoms in total. The van der Waals surface area contributed by atoms with Gasteiger partial charge in [-0.25, -0.2) is 4.98 Å². The summed E-state index contributed by atoms with van der Waals surface area (Å²) in [6, 6.07) is 58.8. The molecule has 0 atom stereocenters. The number of aromatic hydroxyl groups is 1. The Labute approximate surface area is 390 Å². The van der Waals surface area contributed by atoms with E-state index in [4.69, 9.17) is 9.97 Å². The lowest BCUT2D eigenvalue weighted by molar-refractivity contribution is 0.446. The van der Waals surface area contributed by atoms with Crippen LogP contribution in [0.3, 0.4) is 0 Å². The van der Waals surface area contributed by atoms with E-state index in [9.17, 15) is 5.11 Å². The predicted octanol–water partition coefficient (Wildman–Crippen LogP) is 16.0. The number of pyridine rings is 1. The zero-order chi connectivity index (χ0) is 46.3. The lowest BCUT2D eigenvalue weighted by Gasteiger charge is -2.28. The standard InChI is InChI=1S/C62H59N3O/c1-59(2,3)43-35-48(57(66)52(36-43)60(4,5)6)58-64-56-46(28-21-31-55(56)65(58)54-30-20-18-26-45(54)39-22-13-11-14-23-39)40-32-41(34-44(33-40)61(7,8)42-24-15-12-16-25-42)53-37-51-49(38-63-53)47-27-17-19-29-50(47)62(51,9)10/h11-38,66H,1-10H3. The molecule has 1 N–H and O–H groups in total. The van der Waals surface area contributed by atoms with Crippen LogP contribution in [0.2, 0.25) is 0 Å². The molecule has 0 unspecified atom stereocenters. The number of hydrogen-bond acceptors (Lipinski definition) is 3. The maximum Gasteiger partial charge on any atom is 0.149 e. The lowest BCUT2D eigenvalue weighted by atomic mass is 9.76. The van der Waals surface area contributed by atoms with Crippen LogP contribution in [0, 0.1) is 0 Å². The average Bonchev–Trinajstić information content (AvgIpc) is 3.80. The van der Waals surface area contributed by atoms with Gasteiger partial charge in [0.2, 0.25) is 0 Å². The summed E-state index contributed by atoms with van der Waals surface area (Å²) in [7, 11) is 0. The van der Waals surface area contributed by atoms with Crippen LogP contribution in [0.25, 0.3) is 72.7 Å². The second-order valence-corrected chi connectivity index (χ2v) is 21.3. The van der Waals surface area contributed by atoms with Crippen molar-refractivity contribution in [3.8, 4) is 67.5 Å². The van der Waals surface area contributed by atoms with Gasteiger partial charge in [-0.2, -0.15) is 0 Å². The summed E-state index contributed by atoms with van der Waals surface area (Å²) in [5.41, 5.74) is 18.3. The predicted molar refractivity (Wildman–Crippen MR) is 276 cm³/mol. The maximum absolute atomic E-state index is 12.5. The van der Waals surface area contributed by atoms with Crippen LogP contribution in [-0.2, 0) is 21.7 Å². The van der Waals surface area contributed by atoms with Crippen LogP contribution in [0.4, 0.5) is 0 Å². The highest BCUT2D eigenvalue weighted by Crippen LogP contribution is 2.50. The van der Waals surface area contributed by atoms with E-state index < -0.39 is 0 Å². The fraction of sp³-hybridized carbons (Fsp3) is 0.226. The molecule has 10 rings (SSSR count). The first-order valence-electron chi connectivity index (χ1n) is 23.3. The molecule has 0 spiro atoms. The molecule has 9 aromatic rings. The fourth-order valence-corrected chi connectivity index (χ4v) is 10.2. The van der Waals surface area contributed by atoms with E-state index in [2.05, 4.69) is 244 Å². The van der Waals surface area contributed by atoms with E-state index in [0.717, 1.165) is 61.4 Å². The third kappa shape index (κ3) is 7.15. The summed E-state index contributed by atoms with van der Waals surface area (Å²) < 4.78 is 2.27. The molecule has 0 bridgehead atoms. The molecule has 328 valence electrons. The number of aromatic nitrogens is 3. The first-order chi connectivity index (χ1) is 31.4. The minimum atomic E-state index is -0.339. The number of imidazole rings is 1. The number of phenolic OH excluding ortho intramolecular Hbond substituents is 1. The van der Waals surface area contributed by atoms with Gasteiger partial charge < -0.3 is 5.11 Å². The Hall–Kier alpha value is -7.04. The van der Waals surface area contributed by atoms with Crippen LogP contribution in [0.15, 0.2) is 170 Å². The van der Waals surface area contributed by atoms with Crippen molar-refractivity contribution in [3.63, 3.8) is 0 Å². The molecule has 66 heavy (non-hydrogen) atoms. The van der Waals surface area contributed by atoms with Crippen LogP contribution in [0.1, 0.15) is 103 Å².